The lowest BCUT2D eigenvalue weighted by Gasteiger charge is -2.24. The van der Waals surface area contributed by atoms with Gasteiger partial charge in [0, 0.05) is 24.7 Å². The number of hydrogen-bond donors (Lipinski definition) is 8. The summed E-state index contributed by atoms with van der Waals surface area (Å²) in [6.45, 7) is -0.673. The standard InChI is InChI=1S/C19H31N7O7S/c1-34-5-4-13(19(32)33)25-18(31)14(6-10-7-22-9-23-10)26-17(30)12(2-3-15(21)28)24-16(29)11(20)8-27/h7,9,11-14,27H,2-6,8,20H2,1H3,(H2,21,28)(H,22,23)(H,24,29)(H,25,31)(H,26,30)(H,32,33). The summed E-state index contributed by atoms with van der Waals surface area (Å²) in [6, 6.07) is -5.00. The van der Waals surface area contributed by atoms with E-state index in [0.29, 0.717) is 11.4 Å². The number of hydrogen-bond acceptors (Lipinski definition) is 9. The maximum absolute atomic E-state index is 12.9. The molecule has 1 aromatic rings. The Kier molecular flexibility index (Phi) is 12.6. The summed E-state index contributed by atoms with van der Waals surface area (Å²) in [5.41, 5.74) is 11.1. The number of nitrogens with zero attached hydrogens (tertiary/aromatic N) is 1. The molecule has 4 amide bonds. The van der Waals surface area contributed by atoms with Crippen LogP contribution in [0.3, 0.4) is 0 Å². The van der Waals surface area contributed by atoms with Crippen molar-refractivity contribution in [2.75, 3.05) is 18.6 Å². The Labute approximate surface area is 200 Å². The zero-order valence-corrected chi connectivity index (χ0v) is 19.5. The van der Waals surface area contributed by atoms with Gasteiger partial charge in [0.25, 0.3) is 0 Å². The van der Waals surface area contributed by atoms with Gasteiger partial charge in [0.2, 0.25) is 23.6 Å². The number of aromatic nitrogens is 2. The molecule has 0 radical (unpaired) electrons. The van der Waals surface area contributed by atoms with Gasteiger partial charge in [-0.3, -0.25) is 19.2 Å². The highest BCUT2D eigenvalue weighted by Crippen LogP contribution is 2.06. The highest BCUT2D eigenvalue weighted by atomic mass is 32.2. The number of aliphatic carboxylic acids is 1. The second-order valence-corrected chi connectivity index (χ2v) is 8.36. The Morgan fingerprint density at radius 3 is 2.21 bits per heavy atom. The van der Waals surface area contributed by atoms with E-state index in [1.54, 1.807) is 6.26 Å². The van der Waals surface area contributed by atoms with Crippen LogP contribution >= 0.6 is 11.8 Å². The first-order valence-corrected chi connectivity index (χ1v) is 11.7. The van der Waals surface area contributed by atoms with Crippen molar-refractivity contribution in [2.45, 2.75) is 49.9 Å². The molecule has 14 nitrogen and oxygen atoms in total. The Morgan fingerprint density at radius 2 is 1.68 bits per heavy atom. The number of carbonyl (C=O) groups excluding carboxylic acids is 4. The molecule has 0 spiro atoms. The monoisotopic (exact) mass is 501 g/mol. The minimum atomic E-state index is -1.30. The molecule has 0 aliphatic rings. The number of primary amides is 1. The maximum atomic E-state index is 12.9. The van der Waals surface area contributed by atoms with Crippen LogP contribution in [-0.2, 0) is 30.4 Å². The largest absolute Gasteiger partial charge is 0.480 e. The Hall–Kier alpha value is -3.17. The van der Waals surface area contributed by atoms with Gasteiger partial charge in [0.05, 0.1) is 12.9 Å². The number of H-pyrrole nitrogens is 1. The highest BCUT2D eigenvalue weighted by Gasteiger charge is 2.30. The number of imidazole rings is 1. The molecule has 0 aromatic carbocycles. The summed E-state index contributed by atoms with van der Waals surface area (Å²) in [6.07, 6.45) is 4.28. The molecule has 4 unspecified atom stereocenters. The van der Waals surface area contributed by atoms with Crippen molar-refractivity contribution >= 4 is 41.4 Å². The average Bonchev–Trinajstić information content (AvgIpc) is 3.30. The summed E-state index contributed by atoms with van der Waals surface area (Å²) >= 11 is 1.42. The van der Waals surface area contributed by atoms with Gasteiger partial charge in [-0.2, -0.15) is 11.8 Å². The molecular weight excluding hydrogens is 470 g/mol. The number of aliphatic hydroxyl groups excluding tert-OH is 1. The van der Waals surface area contributed by atoms with E-state index < -0.39 is 60.4 Å². The second-order valence-electron chi connectivity index (χ2n) is 7.38. The number of nitrogens with one attached hydrogen (secondary N) is 4. The zero-order chi connectivity index (χ0) is 25.7. The van der Waals surface area contributed by atoms with Crippen molar-refractivity contribution in [3.05, 3.63) is 18.2 Å². The van der Waals surface area contributed by atoms with E-state index in [0.717, 1.165) is 0 Å². The molecule has 1 aromatic heterocycles. The van der Waals surface area contributed by atoms with Crippen molar-refractivity contribution in [1.29, 1.82) is 0 Å². The SMILES string of the molecule is CSCCC(NC(=O)C(Cc1cnc[nH]1)NC(=O)C(CCC(N)=O)NC(=O)C(N)CO)C(=O)O. The van der Waals surface area contributed by atoms with Crippen LogP contribution in [0.15, 0.2) is 12.5 Å². The summed E-state index contributed by atoms with van der Waals surface area (Å²) < 4.78 is 0. The van der Waals surface area contributed by atoms with E-state index in [4.69, 9.17) is 16.6 Å². The van der Waals surface area contributed by atoms with Crippen LogP contribution in [0.5, 0.6) is 0 Å². The van der Waals surface area contributed by atoms with Gasteiger partial charge in [0.1, 0.15) is 24.2 Å². The van der Waals surface area contributed by atoms with Crippen LogP contribution in [-0.4, -0.2) is 92.6 Å². The summed E-state index contributed by atoms with van der Waals surface area (Å²) in [7, 11) is 0. The quantitative estimate of drug-likeness (QED) is 0.113. The Morgan fingerprint density at radius 1 is 1.06 bits per heavy atom. The molecule has 0 saturated carbocycles. The smallest absolute Gasteiger partial charge is 0.326 e. The molecule has 15 heteroatoms. The maximum Gasteiger partial charge on any atom is 0.326 e. The molecule has 10 N–H and O–H groups in total. The third-order valence-electron chi connectivity index (χ3n) is 4.68. The van der Waals surface area contributed by atoms with E-state index in [-0.39, 0.29) is 25.7 Å². The van der Waals surface area contributed by atoms with E-state index in [2.05, 4.69) is 25.9 Å². The summed E-state index contributed by atoms with van der Waals surface area (Å²) in [4.78, 5) is 67.3. The molecule has 0 bridgehead atoms. The predicted molar refractivity (Wildman–Crippen MR) is 122 cm³/mol. The number of aromatic amines is 1. The normalized spacial score (nSPS) is 14.3. The Balaban J connectivity index is 3.05. The van der Waals surface area contributed by atoms with Crippen LogP contribution in [0.1, 0.15) is 25.0 Å². The van der Waals surface area contributed by atoms with E-state index in [1.165, 1.54) is 24.3 Å². The number of nitrogens with two attached hydrogens (primary N) is 2. The van der Waals surface area contributed by atoms with Crippen molar-refractivity contribution in [3.63, 3.8) is 0 Å². The van der Waals surface area contributed by atoms with Crippen molar-refractivity contribution in [1.82, 2.24) is 25.9 Å². The average molecular weight is 502 g/mol. The number of carboxylic acids is 1. The van der Waals surface area contributed by atoms with Gasteiger partial charge in [-0.25, -0.2) is 9.78 Å². The third kappa shape index (κ3) is 10.2. The van der Waals surface area contributed by atoms with Crippen LogP contribution in [0, 0.1) is 0 Å². The molecular formula is C19H31N7O7S. The Bertz CT molecular complexity index is 837. The fourth-order valence-electron chi connectivity index (χ4n) is 2.78. The number of carboxylic acid groups (broad SMARTS) is 1. The molecule has 34 heavy (non-hydrogen) atoms. The van der Waals surface area contributed by atoms with E-state index in [1.807, 2.05) is 0 Å². The van der Waals surface area contributed by atoms with Crippen LogP contribution in [0.2, 0.25) is 0 Å². The van der Waals surface area contributed by atoms with Gasteiger partial charge in [-0.1, -0.05) is 0 Å². The lowest BCUT2D eigenvalue weighted by Crippen LogP contribution is -2.58. The zero-order valence-electron chi connectivity index (χ0n) is 18.7. The fraction of sp³-hybridized carbons (Fsp3) is 0.579. The molecule has 4 atom stereocenters. The molecule has 0 aliphatic carbocycles. The number of rotatable bonds is 16. The van der Waals surface area contributed by atoms with Gasteiger partial charge < -0.3 is 42.6 Å². The first-order valence-electron chi connectivity index (χ1n) is 10.3. The van der Waals surface area contributed by atoms with Gasteiger partial charge in [-0.05, 0) is 24.9 Å². The van der Waals surface area contributed by atoms with Crippen molar-refractivity contribution in [2.24, 2.45) is 11.5 Å². The highest BCUT2D eigenvalue weighted by molar-refractivity contribution is 7.98. The molecule has 190 valence electrons. The van der Waals surface area contributed by atoms with Gasteiger partial charge in [-0.15, -0.1) is 0 Å². The van der Waals surface area contributed by atoms with Crippen LogP contribution < -0.4 is 27.4 Å². The number of aliphatic hydroxyl groups is 1. The lowest BCUT2D eigenvalue weighted by atomic mass is 10.1. The van der Waals surface area contributed by atoms with Crippen LogP contribution in [0.25, 0.3) is 0 Å². The second kappa shape index (κ2) is 14.9. The molecule has 0 fully saturated rings. The molecule has 0 aliphatic heterocycles. The minimum Gasteiger partial charge on any atom is -0.480 e. The van der Waals surface area contributed by atoms with Crippen LogP contribution in [0.4, 0.5) is 0 Å². The van der Waals surface area contributed by atoms with E-state index >= 15 is 0 Å². The third-order valence-corrected chi connectivity index (χ3v) is 5.33. The first-order chi connectivity index (χ1) is 16.1. The summed E-state index contributed by atoms with van der Waals surface area (Å²) in [5, 5.41) is 25.7. The number of amides is 4. The fourth-order valence-corrected chi connectivity index (χ4v) is 3.25. The topological polar surface area (TPSA) is 243 Å². The molecule has 1 rings (SSSR count). The molecule has 1 heterocycles. The van der Waals surface area contributed by atoms with Gasteiger partial charge >= 0.3 is 5.97 Å². The summed E-state index contributed by atoms with van der Waals surface area (Å²) in [5.74, 6) is -3.88. The number of carbonyl (C=O) groups is 5. The minimum absolute atomic E-state index is 0.0565. The predicted octanol–water partition coefficient (Wildman–Crippen LogP) is -3.17. The van der Waals surface area contributed by atoms with E-state index in [9.17, 15) is 29.1 Å². The van der Waals surface area contributed by atoms with Crippen molar-refractivity contribution < 1.29 is 34.2 Å². The molecule has 0 saturated heterocycles. The van der Waals surface area contributed by atoms with Gasteiger partial charge in [0.15, 0.2) is 0 Å². The van der Waals surface area contributed by atoms with Crippen molar-refractivity contribution in [3.8, 4) is 0 Å². The number of thioether (sulfide) groups is 1. The first kappa shape index (κ1) is 28.9. The lowest BCUT2D eigenvalue weighted by molar-refractivity contribution is -0.142.